The van der Waals surface area contributed by atoms with Gasteiger partial charge in [-0.15, -0.1) is 12.4 Å². The summed E-state index contributed by atoms with van der Waals surface area (Å²) < 4.78 is 39.8. The Labute approximate surface area is 173 Å². The minimum absolute atomic E-state index is 0. The molecule has 3 heterocycles. The van der Waals surface area contributed by atoms with E-state index in [2.05, 4.69) is 27.6 Å². The number of rotatable bonds is 4. The molecular weight excluding hydrogens is 407 g/mol. The number of halogens is 4. The fourth-order valence-electron chi connectivity index (χ4n) is 3.42. The Morgan fingerprint density at radius 1 is 1.31 bits per heavy atom. The van der Waals surface area contributed by atoms with Crippen LogP contribution in [-0.4, -0.2) is 39.8 Å². The summed E-state index contributed by atoms with van der Waals surface area (Å²) in [6.45, 7) is 7.58. The van der Waals surface area contributed by atoms with E-state index in [1.807, 2.05) is 13.8 Å². The van der Waals surface area contributed by atoms with Crippen LogP contribution in [0.5, 0.6) is 0 Å². The van der Waals surface area contributed by atoms with Gasteiger partial charge < -0.3 is 10.6 Å². The van der Waals surface area contributed by atoms with Gasteiger partial charge in [-0.1, -0.05) is 20.8 Å². The third kappa shape index (κ3) is 5.08. The quantitative estimate of drug-likeness (QED) is 0.776. The fraction of sp³-hybridized carbons (Fsp3) is 0.526. The minimum atomic E-state index is -4.45. The molecule has 0 aromatic carbocycles. The Morgan fingerprint density at radius 2 is 2.03 bits per heavy atom. The molecule has 0 saturated carbocycles. The van der Waals surface area contributed by atoms with Gasteiger partial charge in [0.1, 0.15) is 0 Å². The van der Waals surface area contributed by atoms with E-state index in [-0.39, 0.29) is 36.1 Å². The number of piperidine rings is 1. The molecule has 2 aromatic rings. The standard InChI is InChI=1S/C19H24F3N5O.ClH/c1-11(2)17-14(18(28)26-15-6-7-23-8-12(15)3)10-25-27(17)16-5-4-13(9-24-16)19(20,21)22;/h4-5,9-12,15,23H,6-8H2,1-3H3,(H,26,28);1H. The molecule has 10 heteroatoms. The van der Waals surface area contributed by atoms with Crippen molar-refractivity contribution in [2.24, 2.45) is 5.92 Å². The first-order valence-electron chi connectivity index (χ1n) is 9.31. The average molecular weight is 432 g/mol. The predicted molar refractivity (Wildman–Crippen MR) is 106 cm³/mol. The molecule has 2 unspecified atom stereocenters. The van der Waals surface area contributed by atoms with Gasteiger partial charge >= 0.3 is 6.18 Å². The number of hydrogen-bond donors (Lipinski definition) is 2. The van der Waals surface area contributed by atoms with Crippen molar-refractivity contribution in [2.75, 3.05) is 13.1 Å². The van der Waals surface area contributed by atoms with Gasteiger partial charge in [0.25, 0.3) is 5.91 Å². The second-order valence-corrected chi connectivity index (χ2v) is 7.46. The molecule has 29 heavy (non-hydrogen) atoms. The van der Waals surface area contributed by atoms with Crippen LogP contribution in [0.3, 0.4) is 0 Å². The summed E-state index contributed by atoms with van der Waals surface area (Å²) in [5.74, 6) is 0.260. The summed E-state index contributed by atoms with van der Waals surface area (Å²) in [7, 11) is 0. The van der Waals surface area contributed by atoms with Crippen molar-refractivity contribution in [1.82, 2.24) is 25.4 Å². The smallest absolute Gasteiger partial charge is 0.349 e. The maximum absolute atomic E-state index is 12.9. The van der Waals surface area contributed by atoms with Crippen molar-refractivity contribution in [1.29, 1.82) is 0 Å². The first-order chi connectivity index (χ1) is 13.2. The van der Waals surface area contributed by atoms with Crippen LogP contribution in [0.4, 0.5) is 13.2 Å². The summed E-state index contributed by atoms with van der Waals surface area (Å²) in [6.07, 6.45) is -1.38. The maximum Gasteiger partial charge on any atom is 0.417 e. The highest BCUT2D eigenvalue weighted by atomic mass is 35.5. The number of carbonyl (C=O) groups is 1. The molecule has 2 N–H and O–H groups in total. The van der Waals surface area contributed by atoms with Crippen molar-refractivity contribution in [3.05, 3.63) is 41.3 Å². The molecule has 160 valence electrons. The topological polar surface area (TPSA) is 71.8 Å². The molecule has 2 atom stereocenters. The Kier molecular flexibility index (Phi) is 7.29. The molecule has 1 aliphatic heterocycles. The maximum atomic E-state index is 12.9. The first kappa shape index (κ1) is 23.2. The number of nitrogens with zero attached hydrogens (tertiary/aromatic N) is 3. The van der Waals surface area contributed by atoms with E-state index in [1.165, 1.54) is 16.9 Å². The molecule has 1 aliphatic rings. The van der Waals surface area contributed by atoms with E-state index in [0.717, 1.165) is 31.8 Å². The summed E-state index contributed by atoms with van der Waals surface area (Å²) in [5, 5.41) is 10.6. The zero-order valence-corrected chi connectivity index (χ0v) is 17.3. The van der Waals surface area contributed by atoms with Gasteiger partial charge in [-0.3, -0.25) is 4.79 Å². The van der Waals surface area contributed by atoms with Crippen molar-refractivity contribution >= 4 is 18.3 Å². The summed E-state index contributed by atoms with van der Waals surface area (Å²) in [6, 6.07) is 2.30. The number of amides is 1. The largest absolute Gasteiger partial charge is 0.417 e. The molecule has 1 fully saturated rings. The molecule has 0 bridgehead atoms. The van der Waals surface area contributed by atoms with Gasteiger partial charge in [0.05, 0.1) is 23.0 Å². The lowest BCUT2D eigenvalue weighted by molar-refractivity contribution is -0.137. The van der Waals surface area contributed by atoms with Crippen LogP contribution in [0, 0.1) is 5.92 Å². The average Bonchev–Trinajstić information content (AvgIpc) is 3.08. The van der Waals surface area contributed by atoms with E-state index in [0.29, 0.717) is 17.2 Å². The minimum Gasteiger partial charge on any atom is -0.349 e. The zero-order chi connectivity index (χ0) is 20.5. The van der Waals surface area contributed by atoms with Crippen molar-refractivity contribution in [3.63, 3.8) is 0 Å². The Hall–Kier alpha value is -2.13. The van der Waals surface area contributed by atoms with E-state index in [9.17, 15) is 18.0 Å². The summed E-state index contributed by atoms with van der Waals surface area (Å²) in [4.78, 5) is 16.8. The lowest BCUT2D eigenvalue weighted by Crippen LogP contribution is -2.48. The lowest BCUT2D eigenvalue weighted by atomic mass is 9.94. The van der Waals surface area contributed by atoms with Gasteiger partial charge in [0.2, 0.25) is 0 Å². The predicted octanol–water partition coefficient (Wildman–Crippen LogP) is 3.56. The van der Waals surface area contributed by atoms with Crippen molar-refractivity contribution in [2.45, 2.75) is 45.3 Å². The number of hydrogen-bond acceptors (Lipinski definition) is 4. The monoisotopic (exact) mass is 431 g/mol. The molecular formula is C19H25ClF3N5O. The molecule has 3 rings (SSSR count). The molecule has 2 aromatic heterocycles. The van der Waals surface area contributed by atoms with Gasteiger partial charge in [-0.25, -0.2) is 9.67 Å². The normalized spacial score (nSPS) is 19.7. The van der Waals surface area contributed by atoms with Crippen LogP contribution in [0.1, 0.15) is 54.7 Å². The number of aromatic nitrogens is 3. The summed E-state index contributed by atoms with van der Waals surface area (Å²) >= 11 is 0. The third-order valence-corrected chi connectivity index (χ3v) is 4.99. The van der Waals surface area contributed by atoms with E-state index in [4.69, 9.17) is 0 Å². The van der Waals surface area contributed by atoms with E-state index >= 15 is 0 Å². The molecule has 0 radical (unpaired) electrons. The van der Waals surface area contributed by atoms with Crippen LogP contribution in [-0.2, 0) is 6.18 Å². The van der Waals surface area contributed by atoms with Crippen LogP contribution in [0.15, 0.2) is 24.5 Å². The highest BCUT2D eigenvalue weighted by Crippen LogP contribution is 2.29. The van der Waals surface area contributed by atoms with Crippen LogP contribution < -0.4 is 10.6 Å². The van der Waals surface area contributed by atoms with Crippen molar-refractivity contribution < 1.29 is 18.0 Å². The molecule has 0 spiro atoms. The first-order valence-corrected chi connectivity index (χ1v) is 9.31. The highest BCUT2D eigenvalue weighted by molar-refractivity contribution is 5.95. The number of nitrogens with one attached hydrogen (secondary N) is 2. The molecule has 6 nitrogen and oxygen atoms in total. The van der Waals surface area contributed by atoms with Gasteiger partial charge in [-0.2, -0.15) is 18.3 Å². The second-order valence-electron chi connectivity index (χ2n) is 7.46. The highest BCUT2D eigenvalue weighted by Gasteiger charge is 2.31. The van der Waals surface area contributed by atoms with Crippen LogP contribution in [0.25, 0.3) is 5.82 Å². The number of carbonyl (C=O) groups excluding carboxylic acids is 1. The van der Waals surface area contributed by atoms with Gasteiger partial charge in [0.15, 0.2) is 5.82 Å². The molecule has 1 amide bonds. The lowest BCUT2D eigenvalue weighted by Gasteiger charge is -2.30. The Morgan fingerprint density at radius 3 is 2.59 bits per heavy atom. The summed E-state index contributed by atoms with van der Waals surface area (Å²) in [5.41, 5.74) is 0.209. The number of alkyl halides is 3. The Balaban J connectivity index is 0.00000300. The van der Waals surface area contributed by atoms with E-state index < -0.39 is 11.7 Å². The third-order valence-electron chi connectivity index (χ3n) is 4.99. The van der Waals surface area contributed by atoms with Crippen molar-refractivity contribution in [3.8, 4) is 5.82 Å². The SMILES string of the molecule is CC(C)c1c(C(=O)NC2CCNCC2C)cnn1-c1ccc(C(F)(F)F)cn1.Cl. The van der Waals surface area contributed by atoms with E-state index in [1.54, 1.807) is 0 Å². The van der Waals surface area contributed by atoms with Crippen LogP contribution in [0.2, 0.25) is 0 Å². The Bertz CT molecular complexity index is 835. The molecule has 0 aliphatic carbocycles. The second kappa shape index (κ2) is 9.13. The van der Waals surface area contributed by atoms with Crippen LogP contribution >= 0.6 is 12.4 Å². The van der Waals surface area contributed by atoms with Gasteiger partial charge in [-0.05, 0) is 43.5 Å². The number of pyridine rings is 1. The fourth-order valence-corrected chi connectivity index (χ4v) is 3.42. The van der Waals surface area contributed by atoms with Gasteiger partial charge in [0, 0.05) is 12.2 Å². The molecule has 1 saturated heterocycles. The zero-order valence-electron chi connectivity index (χ0n) is 16.5.